The molecule has 2 aromatic carbocycles. The summed E-state index contributed by atoms with van der Waals surface area (Å²) in [6, 6.07) is 13.0. The van der Waals surface area contributed by atoms with Gasteiger partial charge in [-0.15, -0.1) is 0 Å². The van der Waals surface area contributed by atoms with Crippen molar-refractivity contribution in [2.45, 2.75) is 50.3 Å². The molecule has 0 N–H and O–H groups in total. The summed E-state index contributed by atoms with van der Waals surface area (Å²) in [5.41, 5.74) is 3.23. The van der Waals surface area contributed by atoms with E-state index in [2.05, 4.69) is 89.2 Å². The molecule has 5 rings (SSSR count). The Morgan fingerprint density at radius 3 is 2.44 bits per heavy atom. The first-order valence-corrected chi connectivity index (χ1v) is 11.7. The van der Waals surface area contributed by atoms with Crippen LogP contribution in [-0.2, 0) is 0 Å². The Hall–Kier alpha value is -0.850. The lowest BCUT2D eigenvalue weighted by Crippen LogP contribution is -2.54. The lowest BCUT2D eigenvalue weighted by Gasteiger charge is -2.49. The number of hydrogen-bond donors (Lipinski definition) is 0. The Labute approximate surface area is 184 Å². The van der Waals surface area contributed by atoms with E-state index in [1.54, 1.807) is 0 Å². The molecule has 0 aromatic heterocycles. The molecule has 0 saturated heterocycles. The second-order valence-electron chi connectivity index (χ2n) is 7.53. The fourth-order valence-corrected chi connectivity index (χ4v) is 6.16. The van der Waals surface area contributed by atoms with Crippen molar-refractivity contribution in [3.8, 4) is 5.75 Å². The van der Waals surface area contributed by atoms with Crippen LogP contribution in [0.15, 0.2) is 54.9 Å². The minimum absolute atomic E-state index is 0.222. The van der Waals surface area contributed by atoms with Crippen LogP contribution >= 0.6 is 47.8 Å². The van der Waals surface area contributed by atoms with Gasteiger partial charge in [0.15, 0.2) is 5.72 Å². The third-order valence-electron chi connectivity index (χ3n) is 5.83. The fourth-order valence-electron chi connectivity index (χ4n) is 4.55. The first-order valence-electron chi connectivity index (χ1n) is 9.36. The molecule has 27 heavy (non-hydrogen) atoms. The van der Waals surface area contributed by atoms with E-state index in [1.807, 2.05) is 0 Å². The van der Waals surface area contributed by atoms with E-state index in [1.165, 1.54) is 30.4 Å². The number of ether oxygens (including phenoxy) is 1. The van der Waals surface area contributed by atoms with E-state index in [4.69, 9.17) is 9.84 Å². The van der Waals surface area contributed by atoms with Crippen molar-refractivity contribution < 1.29 is 4.74 Å². The van der Waals surface area contributed by atoms with Gasteiger partial charge in [0.25, 0.3) is 0 Å². The van der Waals surface area contributed by atoms with Crippen LogP contribution in [0.25, 0.3) is 0 Å². The molecule has 0 bridgehead atoms. The number of rotatable bonds is 1. The van der Waals surface area contributed by atoms with Gasteiger partial charge < -0.3 is 4.74 Å². The van der Waals surface area contributed by atoms with Crippen LogP contribution in [0.2, 0.25) is 0 Å². The first-order chi connectivity index (χ1) is 13.1. The highest BCUT2D eigenvalue weighted by Gasteiger charge is 2.51. The third-order valence-corrected chi connectivity index (χ3v) is 7.40. The van der Waals surface area contributed by atoms with Crippen molar-refractivity contribution in [1.29, 1.82) is 0 Å². The predicted molar refractivity (Wildman–Crippen MR) is 118 cm³/mol. The van der Waals surface area contributed by atoms with Gasteiger partial charge in [-0.3, -0.25) is 0 Å². The maximum absolute atomic E-state index is 6.71. The Kier molecular flexibility index (Phi) is 4.64. The van der Waals surface area contributed by atoms with Crippen LogP contribution in [-0.4, -0.2) is 16.4 Å². The Morgan fingerprint density at radius 1 is 0.963 bits per heavy atom. The largest absolute Gasteiger partial charge is 0.465 e. The van der Waals surface area contributed by atoms with E-state index in [9.17, 15) is 0 Å². The second-order valence-corrected chi connectivity index (χ2v) is 10.2. The summed E-state index contributed by atoms with van der Waals surface area (Å²) < 4.78 is 9.88. The molecule has 3 aliphatic rings. The first kappa shape index (κ1) is 18.2. The molecular weight excluding hydrogens is 536 g/mol. The molecular formula is C21H19Br3N2O. The van der Waals surface area contributed by atoms with Crippen molar-refractivity contribution in [3.05, 3.63) is 60.9 Å². The molecule has 1 spiro atoms. The molecule has 0 unspecified atom stereocenters. The Balaban J connectivity index is 1.62. The minimum Gasteiger partial charge on any atom is -0.465 e. The molecule has 1 saturated carbocycles. The van der Waals surface area contributed by atoms with Crippen LogP contribution in [0.4, 0.5) is 0 Å². The molecule has 1 aliphatic carbocycles. The molecule has 1 atom stereocenters. The Bertz CT molecular complexity index is 920. The zero-order valence-electron chi connectivity index (χ0n) is 14.7. The Morgan fingerprint density at radius 2 is 1.70 bits per heavy atom. The van der Waals surface area contributed by atoms with Gasteiger partial charge in [-0.25, -0.2) is 5.01 Å². The van der Waals surface area contributed by atoms with Crippen LogP contribution in [0.3, 0.4) is 0 Å². The average Bonchev–Trinajstić information content (AvgIpc) is 3.11. The maximum atomic E-state index is 6.71. The van der Waals surface area contributed by atoms with E-state index in [0.717, 1.165) is 44.1 Å². The monoisotopic (exact) mass is 552 g/mol. The number of hydrogen-bond acceptors (Lipinski definition) is 3. The van der Waals surface area contributed by atoms with Crippen molar-refractivity contribution in [3.63, 3.8) is 0 Å². The number of fused-ring (bicyclic) bond motifs is 4. The molecule has 0 amide bonds. The maximum Gasteiger partial charge on any atom is 0.198 e. The van der Waals surface area contributed by atoms with E-state index in [0.29, 0.717) is 0 Å². The van der Waals surface area contributed by atoms with E-state index < -0.39 is 0 Å². The molecule has 2 heterocycles. The van der Waals surface area contributed by atoms with Crippen LogP contribution in [0, 0.1) is 0 Å². The summed E-state index contributed by atoms with van der Waals surface area (Å²) in [5, 5.41) is 7.41. The molecule has 2 aromatic rings. The third kappa shape index (κ3) is 3.08. The number of halogens is 3. The van der Waals surface area contributed by atoms with Gasteiger partial charge >= 0.3 is 0 Å². The minimum atomic E-state index is -0.316. The summed E-state index contributed by atoms with van der Waals surface area (Å²) in [5.74, 6) is 0.994. The molecule has 1 fully saturated rings. The lowest BCUT2D eigenvalue weighted by atomic mass is 9.86. The van der Waals surface area contributed by atoms with E-state index >= 15 is 0 Å². The average molecular weight is 555 g/mol. The van der Waals surface area contributed by atoms with Gasteiger partial charge in [-0.2, -0.15) is 5.10 Å². The van der Waals surface area contributed by atoms with Gasteiger partial charge in [0.1, 0.15) is 5.75 Å². The van der Waals surface area contributed by atoms with Gasteiger partial charge in [0.2, 0.25) is 0 Å². The normalized spacial score (nSPS) is 22.9. The lowest BCUT2D eigenvalue weighted by molar-refractivity contribution is -0.140. The summed E-state index contributed by atoms with van der Waals surface area (Å²) in [4.78, 5) is 0. The molecule has 6 heteroatoms. The standard InChI is InChI=1S/C21H19Br3N2O/c22-14-6-4-13(5-7-14)18-12-19-16-10-15(23)11-17(24)20(16)27-21(26(19)25-18)8-2-1-3-9-21/h4-7,10-11,19H,1-3,8-9,12H2/t19-/m0/s1. The predicted octanol–water partition coefficient (Wildman–Crippen LogP) is 7.18. The molecule has 0 radical (unpaired) electrons. The van der Waals surface area contributed by atoms with Gasteiger partial charge in [0.05, 0.1) is 16.2 Å². The highest BCUT2D eigenvalue weighted by molar-refractivity contribution is 9.11. The molecule has 3 nitrogen and oxygen atoms in total. The number of nitrogens with zero attached hydrogens (tertiary/aromatic N) is 2. The number of benzene rings is 2. The smallest absolute Gasteiger partial charge is 0.198 e. The van der Waals surface area contributed by atoms with Crippen LogP contribution in [0.1, 0.15) is 55.7 Å². The van der Waals surface area contributed by atoms with Crippen LogP contribution in [0.5, 0.6) is 5.75 Å². The SMILES string of the molecule is Brc1ccc(C2=NN3[C@@H](C2)c2cc(Br)cc(Br)c2OC32CCCCC2)cc1. The topological polar surface area (TPSA) is 24.8 Å². The van der Waals surface area contributed by atoms with Crippen molar-refractivity contribution >= 4 is 53.5 Å². The zero-order chi connectivity index (χ0) is 18.6. The fraction of sp³-hybridized carbons (Fsp3) is 0.381. The van der Waals surface area contributed by atoms with Crippen molar-refractivity contribution in [2.24, 2.45) is 5.10 Å². The summed E-state index contributed by atoms with van der Waals surface area (Å²) in [6.45, 7) is 0. The summed E-state index contributed by atoms with van der Waals surface area (Å²) >= 11 is 10.9. The van der Waals surface area contributed by atoms with Crippen LogP contribution < -0.4 is 4.74 Å². The van der Waals surface area contributed by atoms with Crippen molar-refractivity contribution in [2.75, 3.05) is 0 Å². The van der Waals surface area contributed by atoms with E-state index in [-0.39, 0.29) is 11.8 Å². The number of hydrazone groups is 1. The van der Waals surface area contributed by atoms with Gasteiger partial charge in [-0.1, -0.05) is 50.4 Å². The second kappa shape index (κ2) is 6.89. The zero-order valence-corrected chi connectivity index (χ0v) is 19.5. The highest BCUT2D eigenvalue weighted by atomic mass is 79.9. The molecule has 140 valence electrons. The molecule has 2 aliphatic heterocycles. The summed E-state index contributed by atoms with van der Waals surface area (Å²) in [6.07, 6.45) is 6.63. The summed E-state index contributed by atoms with van der Waals surface area (Å²) in [7, 11) is 0. The quantitative estimate of drug-likeness (QED) is 0.373. The van der Waals surface area contributed by atoms with Gasteiger partial charge in [-0.05, 0) is 58.6 Å². The highest BCUT2D eigenvalue weighted by Crippen LogP contribution is 2.53. The van der Waals surface area contributed by atoms with Crippen molar-refractivity contribution in [1.82, 2.24) is 5.01 Å². The van der Waals surface area contributed by atoms with Gasteiger partial charge in [0, 0.05) is 33.8 Å².